The van der Waals surface area contributed by atoms with Crippen molar-refractivity contribution in [1.29, 1.82) is 0 Å². The van der Waals surface area contributed by atoms with Crippen molar-refractivity contribution in [1.82, 2.24) is 0 Å². The number of hydrogen-bond acceptors (Lipinski definition) is 4. The summed E-state index contributed by atoms with van der Waals surface area (Å²) in [6.45, 7) is 4.98. The van der Waals surface area contributed by atoms with Crippen LogP contribution in [-0.2, 0) is 9.47 Å². The maximum absolute atomic E-state index is 5.83. The lowest BCUT2D eigenvalue weighted by Gasteiger charge is -2.35. The quantitative estimate of drug-likeness (QED) is 0.242. The van der Waals surface area contributed by atoms with E-state index in [4.69, 9.17) is 19.9 Å². The highest BCUT2D eigenvalue weighted by molar-refractivity contribution is 5.43. The molecule has 0 aliphatic carbocycles. The smallest absolute Gasteiger partial charge is 0.167 e. The van der Waals surface area contributed by atoms with Gasteiger partial charge in [-0.2, -0.15) is 0 Å². The number of benzene rings is 1. The van der Waals surface area contributed by atoms with E-state index in [-0.39, 0.29) is 0 Å². The molecular formula is C22H39NO3. The topological polar surface area (TPSA) is 53.7 Å². The van der Waals surface area contributed by atoms with Gasteiger partial charge < -0.3 is 19.9 Å². The van der Waals surface area contributed by atoms with Crippen LogP contribution in [0.5, 0.6) is 5.75 Å². The van der Waals surface area contributed by atoms with Crippen molar-refractivity contribution in [2.24, 2.45) is 5.92 Å². The molecule has 0 amide bonds. The molecule has 4 heteroatoms. The number of anilines is 1. The van der Waals surface area contributed by atoms with E-state index in [1.165, 1.54) is 38.5 Å². The normalized spacial score (nSPS) is 12.9. The highest BCUT2D eigenvalue weighted by atomic mass is 16.7. The molecule has 0 saturated heterocycles. The van der Waals surface area contributed by atoms with E-state index in [0.717, 1.165) is 30.7 Å². The largest absolute Gasteiger partial charge is 0.494 e. The van der Waals surface area contributed by atoms with Gasteiger partial charge in [0.1, 0.15) is 5.75 Å². The molecule has 0 aromatic heterocycles. The lowest BCUT2D eigenvalue weighted by molar-refractivity contribution is -0.230. The summed E-state index contributed by atoms with van der Waals surface area (Å²) >= 11 is 0. The van der Waals surface area contributed by atoms with Crippen LogP contribution >= 0.6 is 0 Å². The summed E-state index contributed by atoms with van der Waals surface area (Å²) in [6.07, 6.45) is 11.0. The molecule has 0 aliphatic rings. The Morgan fingerprint density at radius 3 is 2.27 bits per heavy atom. The Balaban J connectivity index is 2.41. The summed E-state index contributed by atoms with van der Waals surface area (Å²) in [5.74, 6) is 0.674. The van der Waals surface area contributed by atoms with Crippen LogP contribution in [0.3, 0.4) is 0 Å². The summed E-state index contributed by atoms with van der Waals surface area (Å²) in [5, 5.41) is 0. The second kappa shape index (κ2) is 13.0. The van der Waals surface area contributed by atoms with Gasteiger partial charge >= 0.3 is 0 Å². The first kappa shape index (κ1) is 22.8. The average molecular weight is 366 g/mol. The molecule has 0 fully saturated rings. The van der Waals surface area contributed by atoms with Crippen molar-refractivity contribution in [2.75, 3.05) is 26.6 Å². The number of methoxy groups -OCH3 is 2. The Hall–Kier alpha value is -1.26. The zero-order chi connectivity index (χ0) is 19.3. The predicted octanol–water partition coefficient (Wildman–Crippen LogP) is 5.80. The number of nitrogen functional groups attached to an aromatic ring is 1. The minimum Gasteiger partial charge on any atom is -0.494 e. The Kier molecular flexibility index (Phi) is 11.4. The van der Waals surface area contributed by atoms with Crippen LogP contribution < -0.4 is 10.5 Å². The van der Waals surface area contributed by atoms with E-state index in [0.29, 0.717) is 12.5 Å². The van der Waals surface area contributed by atoms with E-state index >= 15 is 0 Å². The summed E-state index contributed by atoms with van der Waals surface area (Å²) in [5.41, 5.74) is 6.52. The average Bonchev–Trinajstić information content (AvgIpc) is 2.65. The van der Waals surface area contributed by atoms with Gasteiger partial charge in [-0.3, -0.25) is 0 Å². The fourth-order valence-electron chi connectivity index (χ4n) is 3.38. The minimum atomic E-state index is -0.527. The summed E-state index contributed by atoms with van der Waals surface area (Å²) in [4.78, 5) is 0. The Morgan fingerprint density at radius 2 is 1.62 bits per heavy atom. The lowest BCUT2D eigenvalue weighted by Crippen LogP contribution is -2.39. The molecule has 1 atom stereocenters. The van der Waals surface area contributed by atoms with Gasteiger partial charge in [0, 0.05) is 31.9 Å². The molecule has 1 aromatic carbocycles. The lowest BCUT2D eigenvalue weighted by atomic mass is 9.88. The Morgan fingerprint density at radius 1 is 0.962 bits per heavy atom. The Labute approximate surface area is 160 Å². The van der Waals surface area contributed by atoms with Crippen LogP contribution in [0.1, 0.15) is 71.6 Å². The van der Waals surface area contributed by atoms with Crippen molar-refractivity contribution >= 4 is 5.69 Å². The zero-order valence-corrected chi connectivity index (χ0v) is 17.3. The molecular weight excluding hydrogens is 326 g/mol. The molecule has 4 nitrogen and oxygen atoms in total. The van der Waals surface area contributed by atoms with Gasteiger partial charge in [-0.15, -0.1) is 0 Å². The molecule has 0 aliphatic heterocycles. The van der Waals surface area contributed by atoms with Crippen LogP contribution in [0.25, 0.3) is 0 Å². The first-order valence-electron chi connectivity index (χ1n) is 10.1. The third-order valence-electron chi connectivity index (χ3n) is 5.28. The highest BCUT2D eigenvalue weighted by Gasteiger charge is 2.33. The second-order valence-corrected chi connectivity index (χ2v) is 7.24. The maximum Gasteiger partial charge on any atom is 0.167 e. The molecule has 26 heavy (non-hydrogen) atoms. The molecule has 1 aromatic rings. The van der Waals surface area contributed by atoms with Gasteiger partial charge in [0.05, 0.1) is 6.61 Å². The van der Waals surface area contributed by atoms with Crippen molar-refractivity contribution in [3.8, 4) is 5.75 Å². The monoisotopic (exact) mass is 365 g/mol. The number of ether oxygens (including phenoxy) is 3. The summed E-state index contributed by atoms with van der Waals surface area (Å²) in [7, 11) is 3.47. The molecule has 150 valence electrons. The van der Waals surface area contributed by atoms with E-state index in [9.17, 15) is 0 Å². The number of unbranched alkanes of at least 4 members (excludes halogenated alkanes) is 5. The fourth-order valence-corrected chi connectivity index (χ4v) is 3.38. The van der Waals surface area contributed by atoms with Gasteiger partial charge in [0.25, 0.3) is 0 Å². The summed E-state index contributed by atoms with van der Waals surface area (Å²) < 4.78 is 17.2. The number of hydrogen-bond donors (Lipinski definition) is 1. The maximum atomic E-state index is 5.83. The SMILES string of the molecule is CCCCCCCCC(CCCOc1cccc(N)c1)C(C)(OC)OC. The first-order chi connectivity index (χ1) is 12.6. The Bertz CT molecular complexity index is 474. The van der Waals surface area contributed by atoms with E-state index in [1.807, 2.05) is 31.2 Å². The van der Waals surface area contributed by atoms with Gasteiger partial charge in [-0.05, 0) is 38.3 Å². The zero-order valence-electron chi connectivity index (χ0n) is 17.3. The molecule has 0 spiro atoms. The standard InChI is InChI=1S/C22H39NO3/c1-5-6-7-8-9-10-13-19(22(2,24-3)25-4)14-12-17-26-21-16-11-15-20(23)18-21/h11,15-16,18-19H,5-10,12-14,17,23H2,1-4H3. The van der Waals surface area contributed by atoms with E-state index in [2.05, 4.69) is 6.92 Å². The van der Waals surface area contributed by atoms with Crippen molar-refractivity contribution in [3.63, 3.8) is 0 Å². The molecule has 2 N–H and O–H groups in total. The van der Waals surface area contributed by atoms with E-state index in [1.54, 1.807) is 14.2 Å². The first-order valence-corrected chi connectivity index (χ1v) is 10.1. The van der Waals surface area contributed by atoms with Crippen LogP contribution in [0, 0.1) is 5.92 Å². The van der Waals surface area contributed by atoms with Crippen molar-refractivity contribution < 1.29 is 14.2 Å². The predicted molar refractivity (Wildman–Crippen MR) is 109 cm³/mol. The van der Waals surface area contributed by atoms with Crippen LogP contribution in [0.2, 0.25) is 0 Å². The van der Waals surface area contributed by atoms with Gasteiger partial charge in [0.15, 0.2) is 5.79 Å². The molecule has 0 bridgehead atoms. The van der Waals surface area contributed by atoms with E-state index < -0.39 is 5.79 Å². The van der Waals surface area contributed by atoms with Gasteiger partial charge in [-0.1, -0.05) is 51.5 Å². The highest BCUT2D eigenvalue weighted by Crippen LogP contribution is 2.31. The minimum absolute atomic E-state index is 0.369. The summed E-state index contributed by atoms with van der Waals surface area (Å²) in [6, 6.07) is 7.59. The van der Waals surface area contributed by atoms with Crippen molar-refractivity contribution in [3.05, 3.63) is 24.3 Å². The molecule has 0 radical (unpaired) electrons. The molecule has 0 heterocycles. The third kappa shape index (κ3) is 8.41. The third-order valence-corrected chi connectivity index (χ3v) is 5.28. The number of nitrogens with two attached hydrogens (primary N) is 1. The van der Waals surface area contributed by atoms with Crippen molar-refractivity contribution in [2.45, 2.75) is 77.4 Å². The molecule has 1 rings (SSSR count). The molecule has 1 unspecified atom stereocenters. The number of rotatable bonds is 15. The van der Waals surface area contributed by atoms with Crippen LogP contribution in [0.4, 0.5) is 5.69 Å². The molecule has 0 saturated carbocycles. The van der Waals surface area contributed by atoms with Crippen LogP contribution in [-0.4, -0.2) is 26.6 Å². The second-order valence-electron chi connectivity index (χ2n) is 7.24. The van der Waals surface area contributed by atoms with Gasteiger partial charge in [-0.25, -0.2) is 0 Å². The fraction of sp³-hybridized carbons (Fsp3) is 0.727. The van der Waals surface area contributed by atoms with Gasteiger partial charge in [0.2, 0.25) is 0 Å². The van der Waals surface area contributed by atoms with Crippen LogP contribution in [0.15, 0.2) is 24.3 Å².